The molecule has 2 heterocycles. The smallest absolute Gasteiger partial charge is 0.409 e. The number of nitrogens with zero attached hydrogens (tertiary/aromatic N) is 1. The SMILES string of the molecule is COC(=O)C1CCN(C(=O)OC)CC12OCCO2. The molecular weight excluding hydrogens is 242 g/mol. The Morgan fingerprint density at radius 1 is 1.22 bits per heavy atom. The number of piperidine rings is 1. The fourth-order valence-corrected chi connectivity index (χ4v) is 2.45. The van der Waals surface area contributed by atoms with Crippen molar-refractivity contribution in [2.24, 2.45) is 5.92 Å². The summed E-state index contributed by atoms with van der Waals surface area (Å²) in [5.74, 6) is -1.97. The summed E-state index contributed by atoms with van der Waals surface area (Å²) in [5, 5.41) is 0. The highest BCUT2D eigenvalue weighted by Gasteiger charge is 2.53. The van der Waals surface area contributed by atoms with Gasteiger partial charge in [-0.3, -0.25) is 4.79 Å². The van der Waals surface area contributed by atoms with Crippen molar-refractivity contribution in [3.63, 3.8) is 0 Å². The van der Waals surface area contributed by atoms with Crippen molar-refractivity contribution in [2.45, 2.75) is 12.2 Å². The molecule has 0 radical (unpaired) electrons. The molecule has 0 aromatic rings. The van der Waals surface area contributed by atoms with Crippen molar-refractivity contribution in [1.82, 2.24) is 4.90 Å². The van der Waals surface area contributed by atoms with E-state index in [1.165, 1.54) is 19.1 Å². The van der Waals surface area contributed by atoms with Gasteiger partial charge in [0.2, 0.25) is 0 Å². The molecule has 2 aliphatic rings. The second-order valence-corrected chi connectivity index (χ2v) is 4.26. The Morgan fingerprint density at radius 3 is 2.44 bits per heavy atom. The van der Waals surface area contributed by atoms with Crippen LogP contribution in [0.25, 0.3) is 0 Å². The van der Waals surface area contributed by atoms with Crippen molar-refractivity contribution in [3.8, 4) is 0 Å². The van der Waals surface area contributed by atoms with Crippen molar-refractivity contribution < 1.29 is 28.5 Å². The summed E-state index contributed by atoms with van der Waals surface area (Å²) >= 11 is 0. The maximum absolute atomic E-state index is 11.8. The van der Waals surface area contributed by atoms with Gasteiger partial charge in [0.25, 0.3) is 0 Å². The first-order valence-electron chi connectivity index (χ1n) is 5.81. The molecule has 2 aliphatic heterocycles. The third-order valence-electron chi connectivity index (χ3n) is 3.32. The Morgan fingerprint density at radius 2 is 1.89 bits per heavy atom. The third-order valence-corrected chi connectivity index (χ3v) is 3.32. The lowest BCUT2D eigenvalue weighted by Gasteiger charge is -2.42. The average molecular weight is 259 g/mol. The van der Waals surface area contributed by atoms with E-state index in [4.69, 9.17) is 14.2 Å². The van der Waals surface area contributed by atoms with Crippen molar-refractivity contribution in [3.05, 3.63) is 0 Å². The van der Waals surface area contributed by atoms with Crippen LogP contribution in [0.15, 0.2) is 0 Å². The summed E-state index contributed by atoms with van der Waals surface area (Å²) in [6.45, 7) is 1.41. The van der Waals surface area contributed by atoms with Gasteiger partial charge in [-0.2, -0.15) is 0 Å². The minimum absolute atomic E-state index is 0.180. The predicted molar refractivity (Wildman–Crippen MR) is 58.7 cm³/mol. The second-order valence-electron chi connectivity index (χ2n) is 4.26. The fraction of sp³-hybridized carbons (Fsp3) is 0.818. The Bertz CT molecular complexity index is 338. The summed E-state index contributed by atoms with van der Waals surface area (Å²) in [4.78, 5) is 24.8. The average Bonchev–Trinajstić information content (AvgIpc) is 2.85. The lowest BCUT2D eigenvalue weighted by molar-refractivity contribution is -0.226. The van der Waals surface area contributed by atoms with Crippen LogP contribution in [0.2, 0.25) is 0 Å². The van der Waals surface area contributed by atoms with Gasteiger partial charge in [-0.25, -0.2) is 4.79 Å². The van der Waals surface area contributed by atoms with E-state index >= 15 is 0 Å². The molecule has 1 unspecified atom stereocenters. The van der Waals surface area contributed by atoms with Crippen molar-refractivity contribution in [1.29, 1.82) is 0 Å². The van der Waals surface area contributed by atoms with Gasteiger partial charge in [0.15, 0.2) is 5.79 Å². The number of amides is 1. The molecular formula is C11H17NO6. The number of methoxy groups -OCH3 is 2. The maximum Gasteiger partial charge on any atom is 0.409 e. The molecule has 0 saturated carbocycles. The minimum Gasteiger partial charge on any atom is -0.469 e. The van der Waals surface area contributed by atoms with Crippen LogP contribution in [0.5, 0.6) is 0 Å². The predicted octanol–water partition coefficient (Wildman–Crippen LogP) is -0.00920. The number of ether oxygens (including phenoxy) is 4. The van der Waals surface area contributed by atoms with Gasteiger partial charge in [-0.05, 0) is 6.42 Å². The zero-order chi connectivity index (χ0) is 13.2. The molecule has 0 bridgehead atoms. The number of esters is 1. The standard InChI is InChI=1S/C11H17NO6/c1-15-9(13)8-3-4-12(10(14)16-2)7-11(8)17-5-6-18-11/h8H,3-7H2,1-2H3. The molecule has 0 aromatic heterocycles. The Kier molecular flexibility index (Phi) is 3.72. The van der Waals surface area contributed by atoms with E-state index in [-0.39, 0.29) is 12.5 Å². The van der Waals surface area contributed by atoms with Crippen molar-refractivity contribution >= 4 is 12.1 Å². The van der Waals surface area contributed by atoms with Crippen LogP contribution in [0.3, 0.4) is 0 Å². The van der Waals surface area contributed by atoms with E-state index in [9.17, 15) is 9.59 Å². The molecule has 1 amide bonds. The molecule has 2 rings (SSSR count). The van der Waals surface area contributed by atoms with Gasteiger partial charge in [0.1, 0.15) is 5.92 Å². The van der Waals surface area contributed by atoms with Crippen LogP contribution in [0.4, 0.5) is 4.79 Å². The van der Waals surface area contributed by atoms with E-state index in [0.29, 0.717) is 26.2 Å². The molecule has 0 aliphatic carbocycles. The lowest BCUT2D eigenvalue weighted by Crippen LogP contribution is -2.58. The second kappa shape index (κ2) is 5.11. The molecule has 0 N–H and O–H groups in total. The molecule has 2 fully saturated rings. The summed E-state index contributed by atoms with van der Waals surface area (Å²) < 4.78 is 20.6. The van der Waals surface area contributed by atoms with Crippen LogP contribution in [0.1, 0.15) is 6.42 Å². The Balaban J connectivity index is 2.16. The highest BCUT2D eigenvalue weighted by atomic mass is 16.7. The van der Waals surface area contributed by atoms with Gasteiger partial charge in [0, 0.05) is 6.54 Å². The highest BCUT2D eigenvalue weighted by molar-refractivity contribution is 5.75. The van der Waals surface area contributed by atoms with E-state index in [0.717, 1.165) is 0 Å². The van der Waals surface area contributed by atoms with Crippen LogP contribution in [0, 0.1) is 5.92 Å². The first kappa shape index (κ1) is 13.1. The number of rotatable bonds is 1. The largest absolute Gasteiger partial charge is 0.469 e. The Hall–Kier alpha value is -1.34. The Labute approximate surface area is 105 Å². The normalized spacial score (nSPS) is 26.1. The summed E-state index contributed by atoms with van der Waals surface area (Å²) in [6.07, 6.45) is -0.0151. The summed E-state index contributed by atoms with van der Waals surface area (Å²) in [7, 11) is 2.65. The van der Waals surface area contributed by atoms with E-state index in [2.05, 4.69) is 4.74 Å². The summed E-state index contributed by atoms with van der Waals surface area (Å²) in [5.41, 5.74) is 0. The number of likely N-dealkylation sites (tertiary alicyclic amines) is 1. The zero-order valence-electron chi connectivity index (χ0n) is 10.5. The van der Waals surface area contributed by atoms with Crippen LogP contribution < -0.4 is 0 Å². The van der Waals surface area contributed by atoms with Crippen molar-refractivity contribution in [2.75, 3.05) is 40.5 Å². The molecule has 102 valence electrons. The third kappa shape index (κ3) is 2.15. The number of carbonyl (C=O) groups is 2. The quantitative estimate of drug-likeness (QED) is 0.617. The van der Waals surface area contributed by atoms with E-state index in [1.807, 2.05) is 0 Å². The molecule has 7 heteroatoms. The van der Waals surface area contributed by atoms with Gasteiger partial charge in [-0.1, -0.05) is 0 Å². The molecule has 7 nitrogen and oxygen atoms in total. The summed E-state index contributed by atoms with van der Waals surface area (Å²) in [6, 6.07) is 0. The van der Waals surface area contributed by atoms with Gasteiger partial charge in [-0.15, -0.1) is 0 Å². The van der Waals surface area contributed by atoms with Gasteiger partial charge >= 0.3 is 12.1 Å². The molecule has 2 saturated heterocycles. The van der Waals surface area contributed by atoms with E-state index < -0.39 is 17.8 Å². The molecule has 18 heavy (non-hydrogen) atoms. The first-order chi connectivity index (χ1) is 8.63. The number of hydrogen-bond acceptors (Lipinski definition) is 6. The molecule has 0 aromatic carbocycles. The minimum atomic E-state index is -1.08. The van der Waals surface area contributed by atoms with E-state index in [1.54, 1.807) is 0 Å². The maximum atomic E-state index is 11.8. The topological polar surface area (TPSA) is 74.3 Å². The molecule has 1 atom stereocenters. The van der Waals surface area contributed by atoms with Gasteiger partial charge in [0.05, 0.1) is 34.0 Å². The van der Waals surface area contributed by atoms with Crippen LogP contribution in [-0.2, 0) is 23.7 Å². The number of hydrogen-bond donors (Lipinski definition) is 0. The lowest BCUT2D eigenvalue weighted by atomic mass is 9.90. The fourth-order valence-electron chi connectivity index (χ4n) is 2.45. The monoisotopic (exact) mass is 259 g/mol. The van der Waals surface area contributed by atoms with Crippen LogP contribution >= 0.6 is 0 Å². The number of carbonyl (C=O) groups excluding carboxylic acids is 2. The van der Waals surface area contributed by atoms with Gasteiger partial charge < -0.3 is 23.8 Å². The first-order valence-corrected chi connectivity index (χ1v) is 5.81. The highest BCUT2D eigenvalue weighted by Crippen LogP contribution is 2.36. The zero-order valence-corrected chi connectivity index (χ0v) is 10.5. The molecule has 1 spiro atoms. The van der Waals surface area contributed by atoms with Crippen LogP contribution in [-0.4, -0.2) is 63.3 Å².